The number of carbonyl (C=O) groups excluding carboxylic acids is 1. The Kier molecular flexibility index (Phi) is 3.80. The third-order valence-corrected chi connectivity index (χ3v) is 3.96. The van der Waals surface area contributed by atoms with Gasteiger partial charge in [0.25, 0.3) is 0 Å². The minimum Gasteiger partial charge on any atom is -0.392 e. The summed E-state index contributed by atoms with van der Waals surface area (Å²) < 4.78 is 0. The van der Waals surface area contributed by atoms with Crippen molar-refractivity contribution in [1.29, 1.82) is 0 Å². The van der Waals surface area contributed by atoms with E-state index in [0.717, 1.165) is 24.2 Å². The molecule has 0 aromatic carbocycles. The molecule has 5 nitrogen and oxygen atoms in total. The lowest BCUT2D eigenvalue weighted by Gasteiger charge is -2.44. The molecule has 1 aromatic rings. The Morgan fingerprint density at radius 3 is 2.68 bits per heavy atom. The van der Waals surface area contributed by atoms with Crippen LogP contribution in [0.2, 0.25) is 0 Å². The lowest BCUT2D eigenvalue weighted by Crippen LogP contribution is -2.55. The molecule has 3 N–H and O–H groups in total. The monoisotopic (exact) mass is 278 g/mol. The molecule has 6 heteroatoms. The first-order chi connectivity index (χ1) is 8.94. The van der Waals surface area contributed by atoms with Crippen LogP contribution in [0.1, 0.15) is 31.2 Å². The molecule has 1 fully saturated rings. The molecule has 19 heavy (non-hydrogen) atoms. The van der Waals surface area contributed by atoms with Gasteiger partial charge in [-0.1, -0.05) is 19.1 Å². The Labute approximate surface area is 118 Å². The maximum atomic E-state index is 12.2. The van der Waals surface area contributed by atoms with Crippen LogP contribution in [0.25, 0.3) is 0 Å². The van der Waals surface area contributed by atoms with E-state index >= 15 is 0 Å². The van der Waals surface area contributed by atoms with Crippen molar-refractivity contribution in [3.05, 3.63) is 23.8 Å². The van der Waals surface area contributed by atoms with Gasteiger partial charge in [-0.05, 0) is 25.7 Å². The van der Waals surface area contributed by atoms with E-state index in [1.54, 1.807) is 12.4 Å². The molecule has 0 radical (unpaired) electrons. The predicted octanol–water partition coefficient (Wildman–Crippen LogP) is 1.10. The summed E-state index contributed by atoms with van der Waals surface area (Å²) in [5.74, 6) is 0.395. The van der Waals surface area contributed by atoms with Crippen molar-refractivity contribution < 1.29 is 4.79 Å². The minimum atomic E-state index is -0.660. The van der Waals surface area contributed by atoms with Gasteiger partial charge in [-0.2, -0.15) is 0 Å². The van der Waals surface area contributed by atoms with Crippen LogP contribution in [0.4, 0.5) is 0 Å². The van der Waals surface area contributed by atoms with Crippen LogP contribution in [0.3, 0.4) is 0 Å². The number of nitrogens with one attached hydrogen (secondary N) is 1. The fourth-order valence-corrected chi connectivity index (χ4v) is 2.74. The van der Waals surface area contributed by atoms with Gasteiger partial charge in [0.05, 0.1) is 34.5 Å². The van der Waals surface area contributed by atoms with Crippen molar-refractivity contribution in [3.8, 4) is 0 Å². The highest BCUT2D eigenvalue weighted by molar-refractivity contribution is 7.80. The molecule has 0 spiro atoms. The van der Waals surface area contributed by atoms with Gasteiger partial charge in [0.1, 0.15) is 0 Å². The molecule has 0 saturated heterocycles. The van der Waals surface area contributed by atoms with Gasteiger partial charge < -0.3 is 11.1 Å². The molecule has 1 aromatic heterocycles. The fourth-order valence-electron chi connectivity index (χ4n) is 2.48. The Morgan fingerprint density at radius 2 is 2.21 bits per heavy atom. The van der Waals surface area contributed by atoms with Crippen LogP contribution in [0.15, 0.2) is 12.4 Å². The van der Waals surface area contributed by atoms with Crippen molar-refractivity contribution in [1.82, 2.24) is 15.3 Å². The summed E-state index contributed by atoms with van der Waals surface area (Å²) in [6.45, 7) is 4.31. The molecule has 0 aliphatic heterocycles. The molecule has 2 rings (SSSR count). The first-order valence-corrected chi connectivity index (χ1v) is 6.70. The molecule has 1 amide bonds. The molecule has 1 heterocycles. The molecular weight excluding hydrogens is 260 g/mol. The standard InChI is InChI=1S/C13H18N4OS/c1-8-3-13(4-8,11(14)19)12(18)17-7-10-6-15-9(2)5-16-10/h5-6,8H,3-4,7H2,1-2H3,(H2,14,19)(H,17,18). The van der Waals surface area contributed by atoms with E-state index in [-0.39, 0.29) is 10.9 Å². The van der Waals surface area contributed by atoms with Gasteiger partial charge in [0.2, 0.25) is 5.91 Å². The average molecular weight is 278 g/mol. The van der Waals surface area contributed by atoms with Crippen molar-refractivity contribution in [3.63, 3.8) is 0 Å². The minimum absolute atomic E-state index is 0.0968. The van der Waals surface area contributed by atoms with Crippen molar-refractivity contribution >= 4 is 23.1 Å². The number of nitrogens with two attached hydrogens (primary N) is 1. The second-order valence-corrected chi connectivity index (χ2v) is 5.73. The van der Waals surface area contributed by atoms with E-state index in [1.165, 1.54) is 0 Å². The number of nitrogens with zero attached hydrogens (tertiary/aromatic N) is 2. The number of hydrogen-bond donors (Lipinski definition) is 2. The summed E-state index contributed by atoms with van der Waals surface area (Å²) in [4.78, 5) is 20.9. The number of rotatable bonds is 4. The number of aromatic nitrogens is 2. The summed E-state index contributed by atoms with van der Waals surface area (Å²) in [5, 5.41) is 2.85. The first kappa shape index (κ1) is 13.9. The summed E-state index contributed by atoms with van der Waals surface area (Å²) in [6, 6.07) is 0. The zero-order chi connectivity index (χ0) is 14.0. The Bertz CT molecular complexity index is 494. The zero-order valence-electron chi connectivity index (χ0n) is 11.1. The SMILES string of the molecule is Cc1cnc(CNC(=O)C2(C(N)=S)CC(C)C2)cn1. The smallest absolute Gasteiger partial charge is 0.233 e. The van der Waals surface area contributed by atoms with E-state index in [2.05, 4.69) is 22.2 Å². The van der Waals surface area contributed by atoms with Crippen LogP contribution in [0.5, 0.6) is 0 Å². The molecule has 0 unspecified atom stereocenters. The quantitative estimate of drug-likeness (QED) is 0.806. The predicted molar refractivity (Wildman–Crippen MR) is 76.2 cm³/mol. The number of aryl methyl sites for hydroxylation is 1. The van der Waals surface area contributed by atoms with Crippen LogP contribution >= 0.6 is 12.2 Å². The van der Waals surface area contributed by atoms with Crippen LogP contribution < -0.4 is 11.1 Å². The fraction of sp³-hybridized carbons (Fsp3) is 0.538. The average Bonchev–Trinajstić information content (AvgIpc) is 2.33. The zero-order valence-corrected chi connectivity index (χ0v) is 12.0. The third-order valence-electron chi connectivity index (χ3n) is 3.56. The normalized spacial score (nSPS) is 25.5. The lowest BCUT2D eigenvalue weighted by molar-refractivity contribution is -0.133. The molecular formula is C13H18N4OS. The second-order valence-electron chi connectivity index (χ2n) is 5.29. The second kappa shape index (κ2) is 5.21. The van der Waals surface area contributed by atoms with Gasteiger partial charge in [0.15, 0.2) is 0 Å². The van der Waals surface area contributed by atoms with Crippen LogP contribution in [-0.2, 0) is 11.3 Å². The topological polar surface area (TPSA) is 80.9 Å². The first-order valence-electron chi connectivity index (χ1n) is 6.30. The Morgan fingerprint density at radius 1 is 1.53 bits per heavy atom. The van der Waals surface area contributed by atoms with E-state index in [4.69, 9.17) is 18.0 Å². The van der Waals surface area contributed by atoms with E-state index < -0.39 is 5.41 Å². The third kappa shape index (κ3) is 2.73. The molecule has 0 atom stereocenters. The van der Waals surface area contributed by atoms with Crippen LogP contribution in [-0.4, -0.2) is 20.9 Å². The highest BCUT2D eigenvalue weighted by Gasteiger charge is 2.50. The van der Waals surface area contributed by atoms with E-state index in [0.29, 0.717) is 12.5 Å². The molecule has 0 bridgehead atoms. The molecule has 102 valence electrons. The maximum Gasteiger partial charge on any atom is 0.233 e. The number of thiocarbonyl (C=S) groups is 1. The number of amides is 1. The van der Waals surface area contributed by atoms with Gasteiger partial charge in [-0.25, -0.2) is 0 Å². The van der Waals surface area contributed by atoms with E-state index in [9.17, 15) is 4.79 Å². The highest BCUT2D eigenvalue weighted by Crippen LogP contribution is 2.45. The summed E-state index contributed by atoms with van der Waals surface area (Å²) >= 11 is 5.05. The number of carbonyl (C=O) groups is 1. The number of hydrogen-bond acceptors (Lipinski definition) is 4. The van der Waals surface area contributed by atoms with Crippen molar-refractivity contribution in [2.75, 3.05) is 0 Å². The molecule has 1 aliphatic rings. The Balaban J connectivity index is 1.97. The summed E-state index contributed by atoms with van der Waals surface area (Å²) in [7, 11) is 0. The Hall–Kier alpha value is -1.56. The summed E-state index contributed by atoms with van der Waals surface area (Å²) in [5.41, 5.74) is 6.64. The summed E-state index contributed by atoms with van der Waals surface area (Å²) in [6.07, 6.45) is 4.80. The van der Waals surface area contributed by atoms with Gasteiger partial charge in [-0.15, -0.1) is 0 Å². The highest BCUT2D eigenvalue weighted by atomic mass is 32.1. The molecule has 1 aliphatic carbocycles. The van der Waals surface area contributed by atoms with Gasteiger partial charge >= 0.3 is 0 Å². The lowest BCUT2D eigenvalue weighted by atomic mass is 9.62. The van der Waals surface area contributed by atoms with E-state index in [1.807, 2.05) is 6.92 Å². The van der Waals surface area contributed by atoms with Gasteiger partial charge in [0, 0.05) is 6.20 Å². The van der Waals surface area contributed by atoms with Gasteiger partial charge in [-0.3, -0.25) is 14.8 Å². The van der Waals surface area contributed by atoms with Crippen molar-refractivity contribution in [2.24, 2.45) is 17.1 Å². The van der Waals surface area contributed by atoms with Crippen molar-refractivity contribution in [2.45, 2.75) is 33.2 Å². The largest absolute Gasteiger partial charge is 0.392 e. The van der Waals surface area contributed by atoms with Crippen LogP contribution in [0, 0.1) is 18.3 Å². The molecule has 1 saturated carbocycles. The maximum absolute atomic E-state index is 12.2.